The number of thioether (sulfide) groups is 1. The van der Waals surface area contributed by atoms with Gasteiger partial charge in [-0.3, -0.25) is 9.59 Å². The molecular formula is C24H22N2O5S. The Bertz CT molecular complexity index is 1140. The summed E-state index contributed by atoms with van der Waals surface area (Å²) in [4.78, 5) is 38.7. The molecule has 32 heavy (non-hydrogen) atoms. The topological polar surface area (TPSA) is 88.8 Å². The number of carbonyl (C=O) groups excluding carboxylic acids is 3. The zero-order chi connectivity index (χ0) is 22.7. The largest absolute Gasteiger partial charge is 0.467 e. The van der Waals surface area contributed by atoms with Crippen molar-refractivity contribution in [2.45, 2.75) is 18.8 Å². The van der Waals surface area contributed by atoms with Crippen LogP contribution in [0.15, 0.2) is 65.3 Å². The lowest BCUT2D eigenvalue weighted by molar-refractivity contribution is -0.128. The first-order chi connectivity index (χ1) is 15.5. The second kappa shape index (κ2) is 9.32. The summed E-state index contributed by atoms with van der Waals surface area (Å²) in [5.74, 6) is 0.436. The minimum Gasteiger partial charge on any atom is -0.467 e. The number of hydrogen-bond donors (Lipinski definition) is 1. The average molecular weight is 451 g/mol. The summed E-state index contributed by atoms with van der Waals surface area (Å²) >= 11 is 1.55. The Morgan fingerprint density at radius 1 is 1.16 bits per heavy atom. The third-order valence-electron chi connectivity index (χ3n) is 5.24. The zero-order valence-corrected chi connectivity index (χ0v) is 18.5. The predicted octanol–water partition coefficient (Wildman–Crippen LogP) is 4.40. The fourth-order valence-corrected chi connectivity index (χ4v) is 4.65. The van der Waals surface area contributed by atoms with Gasteiger partial charge in [-0.1, -0.05) is 18.2 Å². The maximum atomic E-state index is 12.8. The van der Waals surface area contributed by atoms with Gasteiger partial charge in [0.25, 0.3) is 5.91 Å². The molecule has 0 saturated carbocycles. The lowest BCUT2D eigenvalue weighted by atomic mass is 10.1. The van der Waals surface area contributed by atoms with Crippen molar-refractivity contribution in [3.8, 4) is 0 Å². The minimum atomic E-state index is -0.465. The van der Waals surface area contributed by atoms with Gasteiger partial charge >= 0.3 is 5.97 Å². The standard InChI is InChI=1S/C24H22N2O5S/c1-15-5-6-18(24(29)30-2)12-20(15)25-22(28)16-7-9-17(10-8-16)23-26(21(27)14-32-23)13-19-4-3-11-31-19/h3-12,23H,13-14H2,1-2H3,(H,25,28)/t23-/m1/s1. The Hall–Kier alpha value is -3.52. The van der Waals surface area contributed by atoms with E-state index in [1.165, 1.54) is 7.11 Å². The highest BCUT2D eigenvalue weighted by Crippen LogP contribution is 2.39. The fraction of sp³-hybridized carbons (Fsp3) is 0.208. The van der Waals surface area contributed by atoms with Gasteiger partial charge in [-0.05, 0) is 54.4 Å². The molecule has 1 aliphatic rings. The number of carbonyl (C=O) groups is 3. The number of nitrogens with zero attached hydrogens (tertiary/aromatic N) is 1. The summed E-state index contributed by atoms with van der Waals surface area (Å²) in [7, 11) is 1.31. The van der Waals surface area contributed by atoms with Crippen molar-refractivity contribution in [2.24, 2.45) is 0 Å². The number of methoxy groups -OCH3 is 1. The number of esters is 1. The summed E-state index contributed by atoms with van der Waals surface area (Å²) < 4.78 is 10.1. The number of rotatable bonds is 6. The second-order valence-electron chi connectivity index (χ2n) is 7.36. The normalized spacial score (nSPS) is 15.6. The Morgan fingerprint density at radius 2 is 1.91 bits per heavy atom. The van der Waals surface area contributed by atoms with Crippen LogP contribution in [0.5, 0.6) is 0 Å². The van der Waals surface area contributed by atoms with Gasteiger partial charge in [0, 0.05) is 11.3 Å². The molecule has 1 saturated heterocycles. The van der Waals surface area contributed by atoms with Gasteiger partial charge in [0.05, 0.1) is 31.2 Å². The molecule has 1 aromatic heterocycles. The number of nitrogens with one attached hydrogen (secondary N) is 1. The predicted molar refractivity (Wildman–Crippen MR) is 121 cm³/mol. The van der Waals surface area contributed by atoms with E-state index in [2.05, 4.69) is 5.32 Å². The monoisotopic (exact) mass is 450 g/mol. The number of amides is 2. The molecule has 0 radical (unpaired) electrons. The van der Waals surface area contributed by atoms with Crippen LogP contribution in [0, 0.1) is 6.92 Å². The molecule has 1 aliphatic heterocycles. The SMILES string of the molecule is COC(=O)c1ccc(C)c(NC(=O)c2ccc([C@H]3SCC(=O)N3Cc3ccco3)cc2)c1. The number of furan rings is 1. The van der Waals surface area contributed by atoms with E-state index in [1.807, 2.05) is 25.1 Å². The average Bonchev–Trinajstić information content (AvgIpc) is 3.45. The molecule has 3 aromatic rings. The molecule has 0 unspecified atom stereocenters. The molecule has 4 rings (SSSR count). The van der Waals surface area contributed by atoms with Crippen LogP contribution >= 0.6 is 11.8 Å². The molecule has 2 aromatic carbocycles. The highest BCUT2D eigenvalue weighted by Gasteiger charge is 2.33. The van der Waals surface area contributed by atoms with Crippen molar-refractivity contribution in [2.75, 3.05) is 18.2 Å². The number of benzene rings is 2. The van der Waals surface area contributed by atoms with Crippen LogP contribution in [0.4, 0.5) is 5.69 Å². The summed E-state index contributed by atoms with van der Waals surface area (Å²) in [5, 5.41) is 2.72. The number of ether oxygens (including phenoxy) is 1. The molecule has 2 heterocycles. The summed E-state index contributed by atoms with van der Waals surface area (Å²) in [6.45, 7) is 2.25. The number of anilines is 1. The maximum Gasteiger partial charge on any atom is 0.337 e. The Kier molecular flexibility index (Phi) is 6.32. The van der Waals surface area contributed by atoms with E-state index in [0.717, 1.165) is 16.9 Å². The van der Waals surface area contributed by atoms with Gasteiger partial charge in [0.2, 0.25) is 5.91 Å². The Morgan fingerprint density at radius 3 is 2.59 bits per heavy atom. The molecule has 1 atom stereocenters. The molecule has 164 valence electrons. The molecule has 0 aliphatic carbocycles. The lowest BCUT2D eigenvalue weighted by Gasteiger charge is -2.23. The van der Waals surface area contributed by atoms with Gasteiger partial charge in [-0.25, -0.2) is 4.79 Å². The third-order valence-corrected chi connectivity index (χ3v) is 6.50. The van der Waals surface area contributed by atoms with Crippen molar-refractivity contribution >= 4 is 35.2 Å². The second-order valence-corrected chi connectivity index (χ2v) is 8.43. The van der Waals surface area contributed by atoms with Crippen molar-refractivity contribution in [3.05, 3.63) is 88.9 Å². The van der Waals surface area contributed by atoms with Crippen molar-refractivity contribution in [1.82, 2.24) is 4.90 Å². The Balaban J connectivity index is 1.48. The molecule has 2 amide bonds. The zero-order valence-electron chi connectivity index (χ0n) is 17.7. The van der Waals surface area contributed by atoms with Crippen molar-refractivity contribution in [3.63, 3.8) is 0 Å². The highest BCUT2D eigenvalue weighted by atomic mass is 32.2. The summed E-state index contributed by atoms with van der Waals surface area (Å²) in [6.07, 6.45) is 1.59. The van der Waals surface area contributed by atoms with E-state index in [4.69, 9.17) is 9.15 Å². The van der Waals surface area contributed by atoms with Gasteiger partial charge < -0.3 is 19.4 Å². The molecule has 7 nitrogen and oxygen atoms in total. The lowest BCUT2D eigenvalue weighted by Crippen LogP contribution is -2.27. The first-order valence-electron chi connectivity index (χ1n) is 10.00. The minimum absolute atomic E-state index is 0.0548. The summed E-state index contributed by atoms with van der Waals surface area (Å²) in [6, 6.07) is 15.8. The van der Waals surface area contributed by atoms with Crippen LogP contribution in [0.3, 0.4) is 0 Å². The van der Waals surface area contributed by atoms with Gasteiger partial charge in [-0.2, -0.15) is 0 Å². The Labute approximate surface area is 189 Å². The van der Waals surface area contributed by atoms with Gasteiger partial charge in [0.1, 0.15) is 11.1 Å². The molecular weight excluding hydrogens is 428 g/mol. The fourth-order valence-electron chi connectivity index (χ4n) is 3.47. The van der Waals surface area contributed by atoms with Crippen LogP contribution in [0.1, 0.15) is 43.0 Å². The molecule has 0 bridgehead atoms. The van der Waals surface area contributed by atoms with Crippen LogP contribution in [0.2, 0.25) is 0 Å². The smallest absolute Gasteiger partial charge is 0.337 e. The van der Waals surface area contributed by atoms with E-state index in [-0.39, 0.29) is 17.2 Å². The van der Waals surface area contributed by atoms with E-state index in [9.17, 15) is 14.4 Å². The summed E-state index contributed by atoms with van der Waals surface area (Å²) in [5.41, 5.74) is 3.15. The van der Waals surface area contributed by atoms with Crippen molar-refractivity contribution in [1.29, 1.82) is 0 Å². The van der Waals surface area contributed by atoms with E-state index in [1.54, 1.807) is 59.3 Å². The maximum absolute atomic E-state index is 12.8. The highest BCUT2D eigenvalue weighted by molar-refractivity contribution is 8.00. The van der Waals surface area contributed by atoms with Gasteiger partial charge in [0.15, 0.2) is 0 Å². The quantitative estimate of drug-likeness (QED) is 0.560. The third kappa shape index (κ3) is 4.55. The first kappa shape index (κ1) is 21.7. The van der Waals surface area contributed by atoms with Crippen LogP contribution in [0.25, 0.3) is 0 Å². The van der Waals surface area contributed by atoms with E-state index < -0.39 is 5.97 Å². The van der Waals surface area contributed by atoms with Crippen molar-refractivity contribution < 1.29 is 23.5 Å². The first-order valence-corrected chi connectivity index (χ1v) is 11.0. The van der Waals surface area contributed by atoms with Crippen LogP contribution in [-0.2, 0) is 16.1 Å². The number of aryl methyl sites for hydroxylation is 1. The number of hydrogen-bond acceptors (Lipinski definition) is 6. The molecule has 1 fully saturated rings. The van der Waals surface area contributed by atoms with Crippen LogP contribution in [-0.4, -0.2) is 35.5 Å². The van der Waals surface area contributed by atoms with E-state index >= 15 is 0 Å². The van der Waals surface area contributed by atoms with Gasteiger partial charge in [-0.15, -0.1) is 11.8 Å². The molecule has 0 spiro atoms. The van der Waals surface area contributed by atoms with Crippen LogP contribution < -0.4 is 5.32 Å². The van der Waals surface area contributed by atoms with E-state index in [0.29, 0.717) is 29.1 Å². The molecule has 1 N–H and O–H groups in total. The molecule has 8 heteroatoms.